The smallest absolute Gasteiger partial charge is 0.317 e. The average molecular weight is 201 g/mol. The molecule has 5 heteroatoms. The quantitative estimate of drug-likeness (QED) is 0.584. The molecule has 0 saturated carbocycles. The van der Waals surface area contributed by atoms with Crippen LogP contribution in [0.15, 0.2) is 12.2 Å². The van der Waals surface area contributed by atoms with Crippen LogP contribution in [-0.2, 0) is 9.59 Å². The molecule has 0 unspecified atom stereocenters. The van der Waals surface area contributed by atoms with E-state index in [1.165, 1.54) is 4.90 Å². The highest BCUT2D eigenvalue weighted by Gasteiger charge is 2.12. The van der Waals surface area contributed by atoms with Crippen LogP contribution in [0, 0.1) is 0 Å². The Kier molecular flexibility index (Phi) is 5.55. The lowest BCUT2D eigenvalue weighted by Crippen LogP contribution is -2.35. The van der Waals surface area contributed by atoms with E-state index in [2.05, 4.69) is 6.58 Å². The van der Waals surface area contributed by atoms with Crippen LogP contribution in [0.4, 0.5) is 0 Å². The third-order valence-electron chi connectivity index (χ3n) is 1.57. The zero-order valence-electron chi connectivity index (χ0n) is 8.19. The van der Waals surface area contributed by atoms with Crippen molar-refractivity contribution in [2.45, 2.75) is 13.3 Å². The molecular weight excluding hydrogens is 186 g/mol. The van der Waals surface area contributed by atoms with E-state index in [9.17, 15) is 9.59 Å². The fourth-order valence-corrected chi connectivity index (χ4v) is 0.946. The second kappa shape index (κ2) is 6.15. The Morgan fingerprint density at radius 3 is 1.93 bits per heavy atom. The number of hydrogen-bond acceptors (Lipinski definition) is 3. The molecule has 0 heterocycles. The molecule has 0 spiro atoms. The Hall–Kier alpha value is -1.36. The summed E-state index contributed by atoms with van der Waals surface area (Å²) >= 11 is 0. The maximum absolute atomic E-state index is 10.4. The van der Waals surface area contributed by atoms with E-state index in [0.29, 0.717) is 13.0 Å². The Bertz CT molecular complexity index is 221. The molecule has 0 aliphatic heterocycles. The van der Waals surface area contributed by atoms with Gasteiger partial charge in [-0.25, -0.2) is 0 Å². The van der Waals surface area contributed by atoms with Gasteiger partial charge < -0.3 is 10.2 Å². The minimum atomic E-state index is -1.02. The Balaban J connectivity index is 4.03. The molecule has 0 bridgehead atoms. The summed E-state index contributed by atoms with van der Waals surface area (Å²) in [5, 5.41) is 17.0. The van der Waals surface area contributed by atoms with Crippen LogP contribution in [0.1, 0.15) is 13.3 Å². The first-order chi connectivity index (χ1) is 6.41. The van der Waals surface area contributed by atoms with Crippen LogP contribution in [-0.4, -0.2) is 46.7 Å². The van der Waals surface area contributed by atoms with Gasteiger partial charge in [0.2, 0.25) is 0 Å². The number of aliphatic carboxylic acids is 2. The Morgan fingerprint density at radius 1 is 1.21 bits per heavy atom. The van der Waals surface area contributed by atoms with Crippen molar-refractivity contribution in [1.82, 2.24) is 4.90 Å². The van der Waals surface area contributed by atoms with E-state index < -0.39 is 11.9 Å². The summed E-state index contributed by atoms with van der Waals surface area (Å²) in [6.07, 6.45) is 0.612. The number of carboxylic acids is 2. The van der Waals surface area contributed by atoms with Gasteiger partial charge in [-0.1, -0.05) is 5.57 Å². The largest absolute Gasteiger partial charge is 0.480 e. The minimum absolute atomic E-state index is 0.250. The molecule has 0 aliphatic rings. The molecule has 0 atom stereocenters. The van der Waals surface area contributed by atoms with Gasteiger partial charge in [-0.3, -0.25) is 14.5 Å². The summed E-state index contributed by atoms with van der Waals surface area (Å²) in [6, 6.07) is 0. The lowest BCUT2D eigenvalue weighted by molar-refractivity contribution is -0.141. The molecule has 0 aromatic carbocycles. The SMILES string of the molecule is C=C(C)CCN(CC(=O)O)CC(=O)O. The van der Waals surface area contributed by atoms with E-state index in [0.717, 1.165) is 5.57 Å². The van der Waals surface area contributed by atoms with E-state index in [-0.39, 0.29) is 13.1 Å². The van der Waals surface area contributed by atoms with Crippen molar-refractivity contribution in [1.29, 1.82) is 0 Å². The monoisotopic (exact) mass is 201 g/mol. The number of rotatable bonds is 7. The van der Waals surface area contributed by atoms with E-state index in [1.54, 1.807) is 0 Å². The molecule has 0 fully saturated rings. The van der Waals surface area contributed by atoms with Gasteiger partial charge in [-0.2, -0.15) is 0 Å². The predicted molar refractivity (Wildman–Crippen MR) is 51.1 cm³/mol. The van der Waals surface area contributed by atoms with Gasteiger partial charge >= 0.3 is 11.9 Å². The minimum Gasteiger partial charge on any atom is -0.480 e. The van der Waals surface area contributed by atoms with E-state index in [1.807, 2.05) is 6.92 Å². The lowest BCUT2D eigenvalue weighted by Gasteiger charge is -2.17. The zero-order chi connectivity index (χ0) is 11.1. The highest BCUT2D eigenvalue weighted by molar-refractivity contribution is 5.72. The topological polar surface area (TPSA) is 77.8 Å². The van der Waals surface area contributed by atoms with Crippen molar-refractivity contribution in [3.8, 4) is 0 Å². The average Bonchev–Trinajstić information content (AvgIpc) is 1.97. The van der Waals surface area contributed by atoms with Crippen LogP contribution in [0.25, 0.3) is 0 Å². The van der Waals surface area contributed by atoms with Gasteiger partial charge in [0.25, 0.3) is 0 Å². The standard InChI is InChI=1S/C9H15NO4/c1-7(2)3-4-10(5-8(11)12)6-9(13)14/h1,3-6H2,2H3,(H,11,12)(H,13,14). The first kappa shape index (κ1) is 12.6. The van der Waals surface area contributed by atoms with Crippen molar-refractivity contribution in [2.24, 2.45) is 0 Å². The van der Waals surface area contributed by atoms with Crippen molar-refractivity contribution >= 4 is 11.9 Å². The van der Waals surface area contributed by atoms with E-state index >= 15 is 0 Å². The van der Waals surface area contributed by atoms with Crippen LogP contribution in [0.2, 0.25) is 0 Å². The normalized spacial score (nSPS) is 10.1. The highest BCUT2D eigenvalue weighted by Crippen LogP contribution is 1.99. The molecule has 0 aliphatic carbocycles. The molecule has 0 aromatic heterocycles. The molecule has 0 saturated heterocycles. The summed E-state index contributed by atoms with van der Waals surface area (Å²) in [6.45, 7) is 5.39. The summed E-state index contributed by atoms with van der Waals surface area (Å²) in [7, 11) is 0. The summed E-state index contributed by atoms with van der Waals surface area (Å²) < 4.78 is 0. The Morgan fingerprint density at radius 2 is 1.64 bits per heavy atom. The number of hydrogen-bond donors (Lipinski definition) is 2. The van der Waals surface area contributed by atoms with Crippen molar-refractivity contribution in [3.63, 3.8) is 0 Å². The maximum Gasteiger partial charge on any atom is 0.317 e. The zero-order valence-corrected chi connectivity index (χ0v) is 8.19. The third kappa shape index (κ3) is 7.30. The van der Waals surface area contributed by atoms with Crippen molar-refractivity contribution in [2.75, 3.05) is 19.6 Å². The second-order valence-electron chi connectivity index (χ2n) is 3.21. The molecule has 0 rings (SSSR count). The highest BCUT2D eigenvalue weighted by atomic mass is 16.4. The van der Waals surface area contributed by atoms with Crippen molar-refractivity contribution < 1.29 is 19.8 Å². The molecule has 14 heavy (non-hydrogen) atoms. The maximum atomic E-state index is 10.4. The van der Waals surface area contributed by atoms with Gasteiger partial charge in [0.05, 0.1) is 13.1 Å². The predicted octanol–water partition coefficient (Wildman–Crippen LogP) is 0.424. The second-order valence-corrected chi connectivity index (χ2v) is 3.21. The summed E-state index contributed by atoms with van der Waals surface area (Å²) in [5.74, 6) is -2.04. The van der Waals surface area contributed by atoms with E-state index in [4.69, 9.17) is 10.2 Å². The number of nitrogens with zero attached hydrogens (tertiary/aromatic N) is 1. The fraction of sp³-hybridized carbons (Fsp3) is 0.556. The first-order valence-electron chi connectivity index (χ1n) is 4.22. The lowest BCUT2D eigenvalue weighted by atomic mass is 10.2. The molecule has 0 amide bonds. The van der Waals surface area contributed by atoms with Crippen LogP contribution in [0.5, 0.6) is 0 Å². The molecule has 2 N–H and O–H groups in total. The molecule has 80 valence electrons. The molecule has 5 nitrogen and oxygen atoms in total. The van der Waals surface area contributed by atoms with Crippen LogP contribution < -0.4 is 0 Å². The van der Waals surface area contributed by atoms with Gasteiger partial charge in [0, 0.05) is 6.54 Å². The van der Waals surface area contributed by atoms with Gasteiger partial charge in [0.1, 0.15) is 0 Å². The number of carbonyl (C=O) groups is 2. The molecule has 0 aromatic rings. The van der Waals surface area contributed by atoms with Gasteiger partial charge in [-0.05, 0) is 13.3 Å². The van der Waals surface area contributed by atoms with Crippen LogP contribution >= 0.6 is 0 Å². The summed E-state index contributed by atoms with van der Waals surface area (Å²) in [4.78, 5) is 22.1. The first-order valence-corrected chi connectivity index (χ1v) is 4.22. The molecule has 0 radical (unpaired) electrons. The fourth-order valence-electron chi connectivity index (χ4n) is 0.946. The van der Waals surface area contributed by atoms with Gasteiger partial charge in [0.15, 0.2) is 0 Å². The number of carboxylic acid groups (broad SMARTS) is 2. The summed E-state index contributed by atoms with van der Waals surface area (Å²) in [5.41, 5.74) is 0.908. The van der Waals surface area contributed by atoms with Crippen molar-refractivity contribution in [3.05, 3.63) is 12.2 Å². The molecular formula is C9H15NO4. The Labute approximate surface area is 82.6 Å². The third-order valence-corrected chi connectivity index (χ3v) is 1.57. The van der Waals surface area contributed by atoms with Gasteiger partial charge in [-0.15, -0.1) is 6.58 Å². The van der Waals surface area contributed by atoms with Crippen LogP contribution in [0.3, 0.4) is 0 Å².